The van der Waals surface area contributed by atoms with E-state index in [9.17, 15) is 5.11 Å². The second-order valence-electron chi connectivity index (χ2n) is 5.86. The van der Waals surface area contributed by atoms with Gasteiger partial charge in [-0.15, -0.1) is 0 Å². The third-order valence-electron chi connectivity index (χ3n) is 3.90. The molecule has 4 heteroatoms. The zero-order valence-corrected chi connectivity index (χ0v) is 12.6. The van der Waals surface area contributed by atoms with Gasteiger partial charge in [0.25, 0.3) is 0 Å². The summed E-state index contributed by atoms with van der Waals surface area (Å²) >= 11 is 0. The summed E-state index contributed by atoms with van der Waals surface area (Å²) in [6, 6.07) is 5.86. The number of rotatable bonds is 5. The molecule has 2 unspecified atom stereocenters. The van der Waals surface area contributed by atoms with Crippen LogP contribution in [-0.2, 0) is 4.74 Å². The maximum absolute atomic E-state index is 10.4. The lowest BCUT2D eigenvalue weighted by Gasteiger charge is -2.35. The summed E-state index contributed by atoms with van der Waals surface area (Å²) in [7, 11) is 1.63. The fraction of sp³-hybridized carbons (Fsp3) is 0.625. The van der Waals surface area contributed by atoms with E-state index in [1.807, 2.05) is 25.1 Å². The first kappa shape index (κ1) is 15.3. The number of β-amino-alcohol motifs (C(OH)–C–C–N with tert-alkyl or cyclic N) is 1. The van der Waals surface area contributed by atoms with Crippen LogP contribution in [0.2, 0.25) is 0 Å². The van der Waals surface area contributed by atoms with Gasteiger partial charge in [-0.1, -0.05) is 11.6 Å². The summed E-state index contributed by atoms with van der Waals surface area (Å²) in [5.41, 5.74) is 1.91. The van der Waals surface area contributed by atoms with Crippen LogP contribution in [0.1, 0.15) is 37.0 Å². The van der Waals surface area contributed by atoms with Crippen molar-refractivity contribution >= 4 is 0 Å². The predicted octanol–water partition coefficient (Wildman–Crippen LogP) is 2.20. The summed E-state index contributed by atoms with van der Waals surface area (Å²) in [6.07, 6.45) is 1.56. The molecule has 1 saturated heterocycles. The Bertz CT molecular complexity index is 441. The highest BCUT2D eigenvalue weighted by atomic mass is 16.5. The Balaban J connectivity index is 2.00. The van der Waals surface area contributed by atoms with E-state index in [-0.39, 0.29) is 5.54 Å². The van der Waals surface area contributed by atoms with E-state index in [0.717, 1.165) is 36.3 Å². The van der Waals surface area contributed by atoms with Gasteiger partial charge in [0.15, 0.2) is 0 Å². The molecular formula is C16H25NO3. The monoisotopic (exact) mass is 279 g/mol. The molecule has 0 bridgehead atoms. The van der Waals surface area contributed by atoms with Crippen LogP contribution in [0, 0.1) is 6.92 Å². The molecule has 1 aliphatic rings. The van der Waals surface area contributed by atoms with Gasteiger partial charge in [-0.05, 0) is 38.8 Å². The molecule has 4 nitrogen and oxygen atoms in total. The van der Waals surface area contributed by atoms with Crippen LogP contribution >= 0.6 is 0 Å². The lowest BCUT2D eigenvalue weighted by Crippen LogP contribution is -2.50. The van der Waals surface area contributed by atoms with E-state index in [2.05, 4.69) is 12.2 Å². The molecule has 112 valence electrons. The van der Waals surface area contributed by atoms with Gasteiger partial charge in [0, 0.05) is 24.3 Å². The Kier molecular flexibility index (Phi) is 5.02. The van der Waals surface area contributed by atoms with E-state index in [0.29, 0.717) is 13.2 Å². The molecule has 1 fully saturated rings. The molecule has 2 rings (SSSR count). The topological polar surface area (TPSA) is 50.7 Å². The van der Waals surface area contributed by atoms with E-state index >= 15 is 0 Å². The van der Waals surface area contributed by atoms with E-state index in [1.54, 1.807) is 7.11 Å². The molecule has 1 aromatic rings. The van der Waals surface area contributed by atoms with Crippen molar-refractivity contribution in [1.29, 1.82) is 0 Å². The summed E-state index contributed by atoms with van der Waals surface area (Å²) < 4.78 is 10.8. The Morgan fingerprint density at radius 3 is 2.95 bits per heavy atom. The maximum Gasteiger partial charge on any atom is 0.124 e. The van der Waals surface area contributed by atoms with E-state index in [1.165, 1.54) is 0 Å². The molecule has 1 aliphatic heterocycles. The van der Waals surface area contributed by atoms with Gasteiger partial charge in [-0.3, -0.25) is 0 Å². The molecule has 2 atom stereocenters. The van der Waals surface area contributed by atoms with Crippen molar-refractivity contribution in [3.63, 3.8) is 0 Å². The molecular weight excluding hydrogens is 254 g/mol. The average molecular weight is 279 g/mol. The highest BCUT2D eigenvalue weighted by Crippen LogP contribution is 2.27. The molecule has 1 aromatic carbocycles. The Morgan fingerprint density at radius 1 is 1.50 bits per heavy atom. The molecule has 0 saturated carbocycles. The largest absolute Gasteiger partial charge is 0.496 e. The lowest BCUT2D eigenvalue weighted by atomic mass is 9.94. The standard InChI is InChI=1S/C16H25NO3/c1-12-5-6-15(19-3)13(9-12)14(18)10-17-16(2)7-4-8-20-11-16/h5-6,9,14,17-18H,4,7-8,10-11H2,1-3H3. The second kappa shape index (κ2) is 6.57. The number of nitrogens with one attached hydrogen (secondary N) is 1. The van der Waals surface area contributed by atoms with Gasteiger partial charge < -0.3 is 19.9 Å². The van der Waals surface area contributed by atoms with Crippen LogP contribution in [0.15, 0.2) is 18.2 Å². The number of ether oxygens (including phenoxy) is 2. The normalized spacial score (nSPS) is 24.4. The quantitative estimate of drug-likeness (QED) is 0.867. The smallest absolute Gasteiger partial charge is 0.124 e. The second-order valence-corrected chi connectivity index (χ2v) is 5.86. The predicted molar refractivity (Wildman–Crippen MR) is 79.2 cm³/mol. The van der Waals surface area contributed by atoms with Crippen molar-refractivity contribution in [2.45, 2.75) is 38.3 Å². The molecule has 20 heavy (non-hydrogen) atoms. The molecule has 1 heterocycles. The molecule has 0 spiro atoms. The van der Waals surface area contributed by atoms with Crippen molar-refractivity contribution in [3.8, 4) is 5.75 Å². The molecule has 0 aliphatic carbocycles. The van der Waals surface area contributed by atoms with Crippen molar-refractivity contribution in [2.24, 2.45) is 0 Å². The first-order valence-electron chi connectivity index (χ1n) is 7.19. The fourth-order valence-corrected chi connectivity index (χ4v) is 2.64. The minimum absolute atomic E-state index is 0.0453. The van der Waals surface area contributed by atoms with Gasteiger partial charge in [0.05, 0.1) is 19.8 Å². The minimum atomic E-state index is -0.580. The third-order valence-corrected chi connectivity index (χ3v) is 3.90. The van der Waals surface area contributed by atoms with Crippen LogP contribution in [0.3, 0.4) is 0 Å². The lowest BCUT2D eigenvalue weighted by molar-refractivity contribution is 0.0220. The van der Waals surface area contributed by atoms with Crippen molar-refractivity contribution in [1.82, 2.24) is 5.32 Å². The molecule has 0 radical (unpaired) electrons. The zero-order valence-electron chi connectivity index (χ0n) is 12.6. The van der Waals surface area contributed by atoms with Crippen LogP contribution in [0.4, 0.5) is 0 Å². The number of aliphatic hydroxyl groups excluding tert-OH is 1. The molecule has 0 aromatic heterocycles. The van der Waals surface area contributed by atoms with Gasteiger partial charge in [0.2, 0.25) is 0 Å². The summed E-state index contributed by atoms with van der Waals surface area (Å²) in [4.78, 5) is 0. The Hall–Kier alpha value is -1.10. The number of hydrogen-bond donors (Lipinski definition) is 2. The number of hydrogen-bond acceptors (Lipinski definition) is 4. The minimum Gasteiger partial charge on any atom is -0.496 e. The van der Waals surface area contributed by atoms with Gasteiger partial charge in [-0.2, -0.15) is 0 Å². The number of benzene rings is 1. The highest BCUT2D eigenvalue weighted by molar-refractivity contribution is 5.38. The first-order chi connectivity index (χ1) is 9.54. The van der Waals surface area contributed by atoms with Gasteiger partial charge in [-0.25, -0.2) is 0 Å². The fourth-order valence-electron chi connectivity index (χ4n) is 2.64. The van der Waals surface area contributed by atoms with Crippen molar-refractivity contribution in [3.05, 3.63) is 29.3 Å². The number of methoxy groups -OCH3 is 1. The van der Waals surface area contributed by atoms with Gasteiger partial charge in [0.1, 0.15) is 5.75 Å². The van der Waals surface area contributed by atoms with E-state index in [4.69, 9.17) is 9.47 Å². The summed E-state index contributed by atoms with van der Waals surface area (Å²) in [5, 5.41) is 13.9. The van der Waals surface area contributed by atoms with Crippen LogP contribution in [0.5, 0.6) is 5.75 Å². The van der Waals surface area contributed by atoms with Crippen LogP contribution < -0.4 is 10.1 Å². The van der Waals surface area contributed by atoms with E-state index < -0.39 is 6.10 Å². The molecule has 0 amide bonds. The number of aliphatic hydroxyl groups is 1. The zero-order chi connectivity index (χ0) is 14.6. The van der Waals surface area contributed by atoms with Crippen LogP contribution in [0.25, 0.3) is 0 Å². The maximum atomic E-state index is 10.4. The Labute approximate surface area is 121 Å². The average Bonchev–Trinajstić information content (AvgIpc) is 2.45. The summed E-state index contributed by atoms with van der Waals surface area (Å²) in [6.45, 7) is 6.20. The Morgan fingerprint density at radius 2 is 2.30 bits per heavy atom. The van der Waals surface area contributed by atoms with Crippen LogP contribution in [-0.4, -0.2) is 37.5 Å². The molecule has 2 N–H and O–H groups in total. The SMILES string of the molecule is COc1ccc(C)cc1C(O)CNC1(C)CCCOC1. The third kappa shape index (κ3) is 3.72. The highest BCUT2D eigenvalue weighted by Gasteiger charge is 2.28. The number of aryl methyl sites for hydroxylation is 1. The van der Waals surface area contributed by atoms with Crippen molar-refractivity contribution < 1.29 is 14.6 Å². The summed E-state index contributed by atoms with van der Waals surface area (Å²) in [5.74, 6) is 0.731. The van der Waals surface area contributed by atoms with Crippen molar-refractivity contribution in [2.75, 3.05) is 26.9 Å². The first-order valence-corrected chi connectivity index (χ1v) is 7.19. The van der Waals surface area contributed by atoms with Gasteiger partial charge >= 0.3 is 0 Å².